The highest BCUT2D eigenvalue weighted by molar-refractivity contribution is 7.10. The van der Waals surface area contributed by atoms with Gasteiger partial charge in [0, 0.05) is 23.7 Å². The second-order valence-corrected chi connectivity index (χ2v) is 5.62. The molecule has 0 bridgehead atoms. The van der Waals surface area contributed by atoms with E-state index in [1.54, 1.807) is 11.3 Å². The number of aromatic nitrogens is 2. The minimum absolute atomic E-state index is 0.0336. The summed E-state index contributed by atoms with van der Waals surface area (Å²) in [7, 11) is 0. The van der Waals surface area contributed by atoms with Gasteiger partial charge in [0.25, 0.3) is 0 Å². The van der Waals surface area contributed by atoms with Crippen molar-refractivity contribution in [1.29, 1.82) is 0 Å². The molecule has 2 N–H and O–H groups in total. The van der Waals surface area contributed by atoms with Crippen LogP contribution < -0.4 is 10.6 Å². The van der Waals surface area contributed by atoms with Crippen molar-refractivity contribution in [3.8, 4) is 0 Å². The molecule has 0 aliphatic rings. The molecule has 2 heterocycles. The van der Waals surface area contributed by atoms with Crippen LogP contribution in [-0.2, 0) is 0 Å². The van der Waals surface area contributed by atoms with Crippen molar-refractivity contribution in [2.24, 2.45) is 0 Å². The molecule has 1 atom stereocenters. The molecule has 2 amide bonds. The van der Waals surface area contributed by atoms with Gasteiger partial charge in [0.05, 0.1) is 5.69 Å². The number of rotatable bonds is 5. The van der Waals surface area contributed by atoms with Crippen molar-refractivity contribution in [1.82, 2.24) is 20.4 Å². The van der Waals surface area contributed by atoms with E-state index < -0.39 is 0 Å². The Balaban J connectivity index is 2.18. The van der Waals surface area contributed by atoms with Gasteiger partial charge in [0.2, 0.25) is 0 Å². The van der Waals surface area contributed by atoms with Crippen molar-refractivity contribution < 1.29 is 4.79 Å². The average Bonchev–Trinajstić information content (AvgIpc) is 3.01. The van der Waals surface area contributed by atoms with E-state index in [4.69, 9.17) is 0 Å². The fourth-order valence-corrected chi connectivity index (χ4v) is 2.97. The fraction of sp³-hybridized carbons (Fsp3) is 0.429. The van der Waals surface area contributed by atoms with E-state index in [9.17, 15) is 4.79 Å². The van der Waals surface area contributed by atoms with Crippen molar-refractivity contribution in [2.75, 3.05) is 13.1 Å². The van der Waals surface area contributed by atoms with Gasteiger partial charge in [-0.2, -0.15) is 5.10 Å². The van der Waals surface area contributed by atoms with E-state index in [1.807, 2.05) is 43.0 Å². The molecule has 0 saturated carbocycles. The molecule has 0 radical (unpaired) electrons. The smallest absolute Gasteiger partial charge is 0.314 e. The summed E-state index contributed by atoms with van der Waals surface area (Å²) < 4.78 is 1.98. The first-order valence-corrected chi connectivity index (χ1v) is 7.57. The number of thiophene rings is 1. The lowest BCUT2D eigenvalue weighted by Gasteiger charge is -2.19. The molecule has 5 nitrogen and oxygen atoms in total. The van der Waals surface area contributed by atoms with Crippen LogP contribution in [0.5, 0.6) is 0 Å². The second-order valence-electron chi connectivity index (χ2n) is 4.64. The van der Waals surface area contributed by atoms with E-state index >= 15 is 0 Å². The van der Waals surface area contributed by atoms with Crippen LogP contribution in [0.15, 0.2) is 23.6 Å². The zero-order valence-electron chi connectivity index (χ0n) is 12.0. The maximum atomic E-state index is 11.6. The number of carbonyl (C=O) groups is 1. The van der Waals surface area contributed by atoms with Gasteiger partial charge >= 0.3 is 6.03 Å². The maximum Gasteiger partial charge on any atom is 0.314 e. The molecular formula is C14H20N4OS. The predicted molar refractivity (Wildman–Crippen MR) is 81.2 cm³/mol. The van der Waals surface area contributed by atoms with Crippen LogP contribution in [0.2, 0.25) is 0 Å². The Morgan fingerprint density at radius 3 is 2.80 bits per heavy atom. The number of carbonyl (C=O) groups excluding carboxylic acids is 1. The SMILES string of the molecule is CCNC(=O)NC[C@H](c1cccs1)n1nc(C)cc1C. The largest absolute Gasteiger partial charge is 0.338 e. The number of hydrogen-bond acceptors (Lipinski definition) is 3. The van der Waals surface area contributed by atoms with Gasteiger partial charge in [0.15, 0.2) is 0 Å². The third kappa shape index (κ3) is 3.39. The Labute approximate surface area is 123 Å². The van der Waals surface area contributed by atoms with E-state index in [0.717, 1.165) is 11.4 Å². The van der Waals surface area contributed by atoms with Gasteiger partial charge in [-0.15, -0.1) is 11.3 Å². The number of nitrogens with one attached hydrogen (secondary N) is 2. The fourth-order valence-electron chi connectivity index (χ4n) is 2.16. The lowest BCUT2D eigenvalue weighted by atomic mass is 10.2. The van der Waals surface area contributed by atoms with Gasteiger partial charge in [-0.25, -0.2) is 4.79 Å². The van der Waals surface area contributed by atoms with Crippen LogP contribution in [-0.4, -0.2) is 28.9 Å². The standard InChI is InChI=1S/C14H20N4OS/c1-4-15-14(19)16-9-12(13-6-5-7-20-13)18-11(3)8-10(2)17-18/h5-8,12H,4,9H2,1-3H3,(H2,15,16,19)/t12-/m1/s1. The lowest BCUT2D eigenvalue weighted by molar-refractivity contribution is 0.240. The summed E-state index contributed by atoms with van der Waals surface area (Å²) in [6.45, 7) is 7.06. The highest BCUT2D eigenvalue weighted by atomic mass is 32.1. The van der Waals surface area contributed by atoms with Crippen LogP contribution in [0.3, 0.4) is 0 Å². The average molecular weight is 292 g/mol. The van der Waals surface area contributed by atoms with Gasteiger partial charge in [-0.3, -0.25) is 4.68 Å². The Kier molecular flexibility index (Phi) is 4.79. The van der Waals surface area contributed by atoms with Gasteiger partial charge in [0.1, 0.15) is 6.04 Å². The minimum atomic E-state index is -0.143. The molecular weight excluding hydrogens is 272 g/mol. The van der Waals surface area contributed by atoms with E-state index in [2.05, 4.69) is 21.8 Å². The number of amides is 2. The van der Waals surface area contributed by atoms with Crippen molar-refractivity contribution in [3.63, 3.8) is 0 Å². The summed E-state index contributed by atoms with van der Waals surface area (Å²) >= 11 is 1.68. The molecule has 0 aliphatic heterocycles. The number of nitrogens with zero attached hydrogens (tertiary/aromatic N) is 2. The van der Waals surface area contributed by atoms with Crippen LogP contribution in [0, 0.1) is 13.8 Å². The highest BCUT2D eigenvalue weighted by Crippen LogP contribution is 2.23. The topological polar surface area (TPSA) is 59.0 Å². The molecule has 2 rings (SSSR count). The number of urea groups is 1. The van der Waals surface area contributed by atoms with Crippen LogP contribution in [0.1, 0.15) is 29.2 Å². The number of aryl methyl sites for hydroxylation is 2. The molecule has 20 heavy (non-hydrogen) atoms. The highest BCUT2D eigenvalue weighted by Gasteiger charge is 2.18. The molecule has 0 aliphatic carbocycles. The van der Waals surface area contributed by atoms with Gasteiger partial charge < -0.3 is 10.6 Å². The Hall–Kier alpha value is -1.82. The van der Waals surface area contributed by atoms with Gasteiger partial charge in [-0.1, -0.05) is 6.07 Å². The normalized spacial score (nSPS) is 12.2. The summed E-state index contributed by atoms with van der Waals surface area (Å²) in [5, 5.41) is 12.2. The zero-order chi connectivity index (χ0) is 14.5. The van der Waals surface area contributed by atoms with Crippen molar-refractivity contribution in [3.05, 3.63) is 39.8 Å². The first kappa shape index (κ1) is 14.6. The van der Waals surface area contributed by atoms with Crippen LogP contribution in [0.4, 0.5) is 4.79 Å². The second kappa shape index (κ2) is 6.56. The summed E-state index contributed by atoms with van der Waals surface area (Å²) in [6.07, 6.45) is 0. The third-order valence-corrected chi connectivity index (χ3v) is 3.98. The Morgan fingerprint density at radius 1 is 1.45 bits per heavy atom. The Bertz CT molecular complexity index is 562. The summed E-state index contributed by atoms with van der Waals surface area (Å²) in [5.74, 6) is 0. The maximum absolute atomic E-state index is 11.6. The summed E-state index contributed by atoms with van der Waals surface area (Å²) in [5.41, 5.74) is 2.08. The quantitative estimate of drug-likeness (QED) is 0.889. The van der Waals surface area contributed by atoms with Crippen LogP contribution in [0.25, 0.3) is 0 Å². The molecule has 2 aromatic heterocycles. The first-order valence-electron chi connectivity index (χ1n) is 6.69. The molecule has 108 valence electrons. The molecule has 0 unspecified atom stereocenters. The Morgan fingerprint density at radius 2 is 2.25 bits per heavy atom. The molecule has 2 aromatic rings. The van der Waals surface area contributed by atoms with Crippen LogP contribution >= 0.6 is 11.3 Å². The van der Waals surface area contributed by atoms with E-state index in [1.165, 1.54) is 4.88 Å². The predicted octanol–water partition coefficient (Wildman–Crippen LogP) is 2.47. The van der Waals surface area contributed by atoms with Crippen molar-refractivity contribution >= 4 is 17.4 Å². The third-order valence-electron chi connectivity index (χ3n) is 3.00. The molecule has 0 spiro atoms. The summed E-state index contributed by atoms with van der Waals surface area (Å²) in [6, 6.07) is 6.03. The molecule has 0 aromatic carbocycles. The first-order chi connectivity index (χ1) is 9.61. The van der Waals surface area contributed by atoms with E-state index in [0.29, 0.717) is 13.1 Å². The minimum Gasteiger partial charge on any atom is -0.338 e. The molecule has 6 heteroatoms. The summed E-state index contributed by atoms with van der Waals surface area (Å²) in [4.78, 5) is 12.8. The van der Waals surface area contributed by atoms with Crippen molar-refractivity contribution in [2.45, 2.75) is 26.8 Å². The number of hydrogen-bond donors (Lipinski definition) is 2. The van der Waals surface area contributed by atoms with Gasteiger partial charge in [-0.05, 0) is 38.3 Å². The van der Waals surface area contributed by atoms with E-state index in [-0.39, 0.29) is 12.1 Å². The monoisotopic (exact) mass is 292 g/mol. The molecule has 0 fully saturated rings. The zero-order valence-corrected chi connectivity index (χ0v) is 12.8. The molecule has 0 saturated heterocycles. The lowest BCUT2D eigenvalue weighted by Crippen LogP contribution is -2.39.